The summed E-state index contributed by atoms with van der Waals surface area (Å²) in [5, 5.41) is 16.9. The number of fused-ring (bicyclic) bond motifs is 1. The van der Waals surface area contributed by atoms with E-state index in [1.165, 1.54) is 4.90 Å². The van der Waals surface area contributed by atoms with E-state index in [1.54, 1.807) is 29.2 Å². The number of rotatable bonds is 5. The molecule has 4 aliphatic carbocycles. The molecular weight excluding hydrogens is 516 g/mol. The van der Waals surface area contributed by atoms with Gasteiger partial charge in [-0.1, -0.05) is 48.5 Å². The fourth-order valence-electron chi connectivity index (χ4n) is 8.38. The zero-order valence-corrected chi connectivity index (χ0v) is 22.8. The maximum atomic E-state index is 14.5. The quantitative estimate of drug-likeness (QED) is 0.379. The number of carbonyl (C=O) groups is 3. The van der Waals surface area contributed by atoms with E-state index in [2.05, 4.69) is 10.6 Å². The second kappa shape index (κ2) is 9.73. The molecule has 3 N–H and O–H groups in total. The molecular formula is C33H34N4O4. The van der Waals surface area contributed by atoms with Gasteiger partial charge in [-0.2, -0.15) is 0 Å². The Bertz CT molecular complexity index is 1480. The largest absolute Gasteiger partial charge is 0.390 e. The van der Waals surface area contributed by atoms with Crippen molar-refractivity contribution in [2.24, 2.45) is 17.3 Å². The minimum Gasteiger partial charge on any atom is -0.390 e. The number of benzene rings is 3. The zero-order valence-electron chi connectivity index (χ0n) is 22.8. The SMILES string of the molecule is O=C(Nc1ccccc1)N[C@H]1C(=O)N(CC23CC4CC(CC(O)(C4)C2)C3)c2ccccc2N(c2ccccc2)C1=O. The van der Waals surface area contributed by atoms with Crippen molar-refractivity contribution in [3.8, 4) is 0 Å². The highest BCUT2D eigenvalue weighted by Gasteiger charge is 2.58. The van der Waals surface area contributed by atoms with Crippen LogP contribution in [0.4, 0.5) is 27.5 Å². The Balaban J connectivity index is 1.29. The van der Waals surface area contributed by atoms with Gasteiger partial charge in [0.1, 0.15) is 0 Å². The van der Waals surface area contributed by atoms with Crippen molar-refractivity contribution < 1.29 is 19.5 Å². The van der Waals surface area contributed by atoms with Crippen molar-refractivity contribution in [2.75, 3.05) is 21.7 Å². The van der Waals surface area contributed by atoms with Gasteiger partial charge in [-0.3, -0.25) is 14.5 Å². The molecule has 4 amide bonds. The van der Waals surface area contributed by atoms with Crippen LogP contribution in [0.3, 0.4) is 0 Å². The fourth-order valence-corrected chi connectivity index (χ4v) is 8.38. The molecule has 3 aromatic carbocycles. The van der Waals surface area contributed by atoms with Gasteiger partial charge in [0.15, 0.2) is 6.04 Å². The monoisotopic (exact) mass is 550 g/mol. The molecule has 4 fully saturated rings. The van der Waals surface area contributed by atoms with Crippen LogP contribution >= 0.6 is 0 Å². The van der Waals surface area contributed by atoms with Crippen molar-refractivity contribution in [3.63, 3.8) is 0 Å². The summed E-state index contributed by atoms with van der Waals surface area (Å²) in [7, 11) is 0. The lowest BCUT2D eigenvalue weighted by atomic mass is 9.48. The van der Waals surface area contributed by atoms with Gasteiger partial charge in [0.2, 0.25) is 0 Å². The van der Waals surface area contributed by atoms with Gasteiger partial charge in [0, 0.05) is 17.9 Å². The molecule has 0 saturated heterocycles. The Morgan fingerprint density at radius 1 is 0.805 bits per heavy atom. The highest BCUT2D eigenvalue weighted by atomic mass is 16.3. The van der Waals surface area contributed by atoms with E-state index >= 15 is 0 Å². The number of aliphatic hydroxyl groups is 1. The van der Waals surface area contributed by atoms with Crippen molar-refractivity contribution in [1.82, 2.24) is 5.32 Å². The molecule has 5 aliphatic rings. The van der Waals surface area contributed by atoms with E-state index in [-0.39, 0.29) is 5.41 Å². The summed E-state index contributed by atoms with van der Waals surface area (Å²) in [6, 6.07) is 23.5. The lowest BCUT2D eigenvalue weighted by Crippen LogP contribution is -2.61. The first-order valence-electron chi connectivity index (χ1n) is 14.5. The van der Waals surface area contributed by atoms with Crippen LogP contribution < -0.4 is 20.4 Å². The average molecular weight is 551 g/mol. The molecule has 210 valence electrons. The van der Waals surface area contributed by atoms with Gasteiger partial charge in [0.25, 0.3) is 11.8 Å². The van der Waals surface area contributed by atoms with Crippen LogP contribution in [0, 0.1) is 17.3 Å². The fraction of sp³-hybridized carbons (Fsp3) is 0.364. The van der Waals surface area contributed by atoms with Gasteiger partial charge in [-0.15, -0.1) is 0 Å². The number of amides is 4. The van der Waals surface area contributed by atoms with Crippen molar-refractivity contribution >= 4 is 40.6 Å². The third-order valence-corrected chi connectivity index (χ3v) is 9.36. The smallest absolute Gasteiger partial charge is 0.320 e. The Morgan fingerprint density at radius 3 is 2.07 bits per heavy atom. The topological polar surface area (TPSA) is 102 Å². The molecule has 8 rings (SSSR count). The highest BCUT2D eigenvalue weighted by Crippen LogP contribution is 2.62. The Hall–Kier alpha value is -4.17. The van der Waals surface area contributed by atoms with E-state index < -0.39 is 29.5 Å². The van der Waals surface area contributed by atoms with Crippen LogP contribution in [0.25, 0.3) is 0 Å². The molecule has 3 atom stereocenters. The number of nitrogens with one attached hydrogen (secondary N) is 2. The molecule has 8 heteroatoms. The second-order valence-electron chi connectivity index (χ2n) is 12.5. The van der Waals surface area contributed by atoms with E-state index in [0.717, 1.165) is 32.1 Å². The molecule has 0 radical (unpaired) electrons. The Kier molecular flexibility index (Phi) is 6.12. The van der Waals surface area contributed by atoms with Crippen LogP contribution in [0.2, 0.25) is 0 Å². The third-order valence-electron chi connectivity index (χ3n) is 9.36. The zero-order chi connectivity index (χ0) is 28.2. The molecule has 4 bridgehead atoms. The summed E-state index contributed by atoms with van der Waals surface area (Å²) in [6.45, 7) is 0.395. The molecule has 1 heterocycles. The van der Waals surface area contributed by atoms with Crippen LogP contribution in [-0.2, 0) is 9.59 Å². The van der Waals surface area contributed by atoms with Crippen LogP contribution in [0.1, 0.15) is 38.5 Å². The molecule has 4 saturated carbocycles. The predicted octanol–water partition coefficient (Wildman–Crippen LogP) is 5.22. The molecule has 0 spiro atoms. The van der Waals surface area contributed by atoms with Crippen molar-refractivity contribution in [1.29, 1.82) is 0 Å². The first kappa shape index (κ1) is 25.8. The Labute approximate surface area is 239 Å². The summed E-state index contributed by atoms with van der Waals surface area (Å²) >= 11 is 0. The normalized spacial score (nSPS) is 30.1. The molecule has 3 aromatic rings. The van der Waals surface area contributed by atoms with Crippen molar-refractivity contribution in [2.45, 2.75) is 50.2 Å². The Morgan fingerprint density at radius 2 is 1.41 bits per heavy atom. The summed E-state index contributed by atoms with van der Waals surface area (Å²) in [5.41, 5.74) is 1.47. The predicted molar refractivity (Wildman–Crippen MR) is 157 cm³/mol. The first-order chi connectivity index (χ1) is 19.8. The van der Waals surface area contributed by atoms with Crippen LogP contribution in [-0.4, -0.2) is 41.1 Å². The summed E-state index contributed by atoms with van der Waals surface area (Å²) in [6.07, 6.45) is 5.38. The number of carbonyl (C=O) groups excluding carboxylic acids is 3. The van der Waals surface area contributed by atoms with Crippen LogP contribution in [0.5, 0.6) is 0 Å². The number of para-hydroxylation sites is 4. The third kappa shape index (κ3) is 4.66. The van der Waals surface area contributed by atoms with Gasteiger partial charge < -0.3 is 20.6 Å². The van der Waals surface area contributed by atoms with E-state index in [1.807, 2.05) is 60.7 Å². The minimum absolute atomic E-state index is 0.233. The lowest BCUT2D eigenvalue weighted by Gasteiger charge is -2.61. The van der Waals surface area contributed by atoms with Gasteiger partial charge >= 0.3 is 6.03 Å². The lowest BCUT2D eigenvalue weighted by molar-refractivity contribution is -0.161. The van der Waals surface area contributed by atoms with Crippen LogP contribution in [0.15, 0.2) is 84.9 Å². The first-order valence-corrected chi connectivity index (χ1v) is 14.5. The number of hydrogen-bond donors (Lipinski definition) is 3. The summed E-state index contributed by atoms with van der Waals surface area (Å²) in [5.74, 6) is -0.0893. The second-order valence-corrected chi connectivity index (χ2v) is 12.5. The molecule has 2 unspecified atom stereocenters. The van der Waals surface area contributed by atoms with Gasteiger partial charge in [-0.05, 0) is 92.2 Å². The summed E-state index contributed by atoms with van der Waals surface area (Å²) in [4.78, 5) is 45.1. The minimum atomic E-state index is -1.44. The maximum Gasteiger partial charge on any atom is 0.320 e. The molecule has 1 aliphatic heterocycles. The standard InChI is InChI=1S/C33H34N4O4/c38-29-28(35-31(40)34-24-9-3-1-4-10-24)30(39)37(25-11-5-2-6-12-25)27-14-8-7-13-26(27)36(29)21-32-16-22-15-23(17-32)19-33(41,18-22)20-32/h1-14,22-23,28,41H,15-21H2,(H2,34,35,40)/t22?,23?,28-,32?,33?/m0/s1. The molecule has 8 nitrogen and oxygen atoms in total. The van der Waals surface area contributed by atoms with Gasteiger partial charge in [0.05, 0.1) is 17.0 Å². The highest BCUT2D eigenvalue weighted by molar-refractivity contribution is 6.24. The summed E-state index contributed by atoms with van der Waals surface area (Å²) < 4.78 is 0. The van der Waals surface area contributed by atoms with Crippen molar-refractivity contribution in [3.05, 3.63) is 84.9 Å². The van der Waals surface area contributed by atoms with Gasteiger partial charge in [-0.25, -0.2) is 4.79 Å². The number of hydrogen-bond acceptors (Lipinski definition) is 4. The number of nitrogens with zero attached hydrogens (tertiary/aromatic N) is 2. The maximum absolute atomic E-state index is 14.5. The van der Waals surface area contributed by atoms with E-state index in [0.29, 0.717) is 47.6 Å². The van der Waals surface area contributed by atoms with E-state index in [4.69, 9.17) is 0 Å². The van der Waals surface area contributed by atoms with E-state index in [9.17, 15) is 19.5 Å². The number of urea groups is 1. The molecule has 41 heavy (non-hydrogen) atoms. The average Bonchev–Trinajstić information content (AvgIpc) is 3.02. The molecule has 0 aromatic heterocycles. The number of anilines is 4.